The molecule has 128 valence electrons. The Kier molecular flexibility index (Phi) is 4.43. The molecule has 0 unspecified atom stereocenters. The zero-order chi connectivity index (χ0) is 17.1. The number of amides is 1. The van der Waals surface area contributed by atoms with E-state index in [0.717, 1.165) is 50.2 Å². The number of pyridine rings is 1. The van der Waals surface area contributed by atoms with E-state index >= 15 is 0 Å². The summed E-state index contributed by atoms with van der Waals surface area (Å²) in [6.45, 7) is 4.20. The van der Waals surface area contributed by atoms with Gasteiger partial charge < -0.3 is 9.88 Å². The lowest BCUT2D eigenvalue weighted by Gasteiger charge is -2.21. The highest BCUT2D eigenvalue weighted by atomic mass is 16.2. The molecule has 25 heavy (non-hydrogen) atoms. The summed E-state index contributed by atoms with van der Waals surface area (Å²) in [4.78, 5) is 28.8. The number of aromatic amines is 1. The predicted molar refractivity (Wildman–Crippen MR) is 96.1 cm³/mol. The third-order valence-corrected chi connectivity index (χ3v) is 4.60. The molecular formula is C19H21N5O. The van der Waals surface area contributed by atoms with Gasteiger partial charge in [-0.15, -0.1) is 0 Å². The van der Waals surface area contributed by atoms with Gasteiger partial charge >= 0.3 is 0 Å². The number of fused-ring (bicyclic) bond motifs is 1. The van der Waals surface area contributed by atoms with Gasteiger partial charge in [-0.1, -0.05) is 18.2 Å². The highest BCUT2D eigenvalue weighted by Crippen LogP contribution is 2.14. The average Bonchev–Trinajstić information content (AvgIpc) is 2.95. The second-order valence-electron chi connectivity index (χ2n) is 6.39. The Hall–Kier alpha value is -2.73. The zero-order valence-electron chi connectivity index (χ0n) is 14.1. The molecule has 1 aliphatic heterocycles. The molecule has 1 saturated heterocycles. The van der Waals surface area contributed by atoms with Gasteiger partial charge in [-0.05, 0) is 30.2 Å². The van der Waals surface area contributed by atoms with Gasteiger partial charge in [0.2, 0.25) is 0 Å². The summed E-state index contributed by atoms with van der Waals surface area (Å²) in [5.41, 5.74) is 2.94. The molecule has 0 saturated carbocycles. The van der Waals surface area contributed by atoms with Crippen LogP contribution in [0.4, 0.5) is 0 Å². The molecule has 6 nitrogen and oxygen atoms in total. The molecule has 4 rings (SSSR count). The van der Waals surface area contributed by atoms with Crippen LogP contribution in [0.1, 0.15) is 22.6 Å². The van der Waals surface area contributed by atoms with Crippen LogP contribution in [0.3, 0.4) is 0 Å². The molecule has 1 aromatic carbocycles. The van der Waals surface area contributed by atoms with E-state index in [0.29, 0.717) is 5.82 Å². The van der Waals surface area contributed by atoms with E-state index in [-0.39, 0.29) is 5.91 Å². The number of carbonyl (C=O) groups excluding carboxylic acids is 1. The molecule has 1 aliphatic rings. The summed E-state index contributed by atoms with van der Waals surface area (Å²) in [5.74, 6) is 0.418. The number of nitrogens with zero attached hydrogens (tertiary/aromatic N) is 4. The Morgan fingerprint density at radius 2 is 2.00 bits per heavy atom. The number of benzene rings is 1. The third-order valence-electron chi connectivity index (χ3n) is 4.60. The van der Waals surface area contributed by atoms with Gasteiger partial charge in [0.15, 0.2) is 5.82 Å². The monoisotopic (exact) mass is 335 g/mol. The SMILES string of the molecule is O=C(c1nc2ccccc2[nH]1)N1CCCN(Cc2cccnc2)CC1. The predicted octanol–water partition coefficient (Wildman–Crippen LogP) is 2.31. The van der Waals surface area contributed by atoms with Crippen LogP contribution in [0.25, 0.3) is 11.0 Å². The average molecular weight is 335 g/mol. The van der Waals surface area contributed by atoms with Crippen molar-refractivity contribution >= 4 is 16.9 Å². The number of rotatable bonds is 3. The van der Waals surface area contributed by atoms with Crippen molar-refractivity contribution in [1.29, 1.82) is 0 Å². The maximum absolute atomic E-state index is 12.8. The molecule has 1 fully saturated rings. The van der Waals surface area contributed by atoms with Crippen molar-refractivity contribution < 1.29 is 4.79 Å². The number of H-pyrrole nitrogens is 1. The van der Waals surface area contributed by atoms with Crippen LogP contribution in [-0.4, -0.2) is 56.8 Å². The maximum atomic E-state index is 12.8. The van der Waals surface area contributed by atoms with E-state index in [1.807, 2.05) is 41.4 Å². The largest absolute Gasteiger partial charge is 0.335 e. The Labute approximate surface area is 146 Å². The molecule has 0 atom stereocenters. The number of nitrogens with one attached hydrogen (secondary N) is 1. The lowest BCUT2D eigenvalue weighted by atomic mass is 10.2. The minimum atomic E-state index is -0.0144. The quantitative estimate of drug-likeness (QED) is 0.798. The first-order valence-electron chi connectivity index (χ1n) is 8.65. The smallest absolute Gasteiger partial charge is 0.289 e. The van der Waals surface area contributed by atoms with Gasteiger partial charge in [0.25, 0.3) is 5.91 Å². The molecule has 6 heteroatoms. The van der Waals surface area contributed by atoms with Crippen molar-refractivity contribution in [2.45, 2.75) is 13.0 Å². The van der Waals surface area contributed by atoms with Crippen LogP contribution in [0.5, 0.6) is 0 Å². The molecular weight excluding hydrogens is 314 g/mol. The standard InChI is InChI=1S/C19H21N5O/c25-19(18-21-16-6-1-2-7-17(16)22-18)24-10-4-9-23(11-12-24)14-15-5-3-8-20-13-15/h1-3,5-8,13H,4,9-12,14H2,(H,21,22). The van der Waals surface area contributed by atoms with Crippen LogP contribution in [0.15, 0.2) is 48.8 Å². The van der Waals surface area contributed by atoms with Gasteiger partial charge in [-0.3, -0.25) is 14.7 Å². The number of imidazole rings is 1. The van der Waals surface area contributed by atoms with Crippen LogP contribution >= 0.6 is 0 Å². The molecule has 1 N–H and O–H groups in total. The topological polar surface area (TPSA) is 65.1 Å². The fourth-order valence-corrected chi connectivity index (χ4v) is 3.29. The summed E-state index contributed by atoms with van der Waals surface area (Å²) < 4.78 is 0. The molecule has 2 aromatic heterocycles. The molecule has 3 heterocycles. The summed E-state index contributed by atoms with van der Waals surface area (Å²) in [6.07, 6.45) is 4.66. The van der Waals surface area contributed by atoms with Crippen LogP contribution in [0.2, 0.25) is 0 Å². The normalized spacial score (nSPS) is 16.1. The molecule has 0 radical (unpaired) electrons. The summed E-state index contributed by atoms with van der Waals surface area (Å²) in [6, 6.07) is 11.8. The summed E-state index contributed by atoms with van der Waals surface area (Å²) in [5, 5.41) is 0. The number of carbonyl (C=O) groups is 1. The molecule has 3 aromatic rings. The van der Waals surface area contributed by atoms with Crippen LogP contribution in [0, 0.1) is 0 Å². The van der Waals surface area contributed by atoms with Crippen molar-refractivity contribution in [3.05, 3.63) is 60.2 Å². The van der Waals surface area contributed by atoms with Gasteiger partial charge in [0.05, 0.1) is 11.0 Å². The molecule has 0 spiro atoms. The van der Waals surface area contributed by atoms with Gasteiger partial charge in [-0.2, -0.15) is 0 Å². The Morgan fingerprint density at radius 3 is 2.84 bits per heavy atom. The fraction of sp³-hybridized carbons (Fsp3) is 0.316. The molecule has 0 aliphatic carbocycles. The van der Waals surface area contributed by atoms with E-state index < -0.39 is 0 Å². The lowest BCUT2D eigenvalue weighted by molar-refractivity contribution is 0.0750. The summed E-state index contributed by atoms with van der Waals surface area (Å²) in [7, 11) is 0. The Bertz CT molecular complexity index is 827. The first-order chi connectivity index (χ1) is 12.3. The minimum Gasteiger partial charge on any atom is -0.335 e. The highest BCUT2D eigenvalue weighted by molar-refractivity contribution is 5.94. The van der Waals surface area contributed by atoms with Gasteiger partial charge in [0, 0.05) is 45.1 Å². The van der Waals surface area contributed by atoms with Gasteiger partial charge in [0.1, 0.15) is 0 Å². The van der Waals surface area contributed by atoms with Crippen molar-refractivity contribution in [1.82, 2.24) is 24.8 Å². The Balaban J connectivity index is 1.42. The van der Waals surface area contributed by atoms with E-state index in [2.05, 4.69) is 25.9 Å². The van der Waals surface area contributed by atoms with Crippen molar-refractivity contribution in [3.8, 4) is 0 Å². The second kappa shape index (κ2) is 7.03. The van der Waals surface area contributed by atoms with Crippen LogP contribution in [-0.2, 0) is 6.54 Å². The minimum absolute atomic E-state index is 0.0144. The molecule has 0 bridgehead atoms. The van der Waals surface area contributed by atoms with Gasteiger partial charge in [-0.25, -0.2) is 4.98 Å². The lowest BCUT2D eigenvalue weighted by Crippen LogP contribution is -2.35. The van der Waals surface area contributed by atoms with Crippen molar-refractivity contribution in [2.24, 2.45) is 0 Å². The van der Waals surface area contributed by atoms with Crippen molar-refractivity contribution in [3.63, 3.8) is 0 Å². The number of aromatic nitrogens is 3. The first kappa shape index (κ1) is 15.8. The van der Waals surface area contributed by atoms with E-state index in [4.69, 9.17) is 0 Å². The molecule has 1 amide bonds. The second-order valence-corrected chi connectivity index (χ2v) is 6.39. The number of hydrogen-bond donors (Lipinski definition) is 1. The first-order valence-corrected chi connectivity index (χ1v) is 8.65. The number of hydrogen-bond acceptors (Lipinski definition) is 4. The van der Waals surface area contributed by atoms with E-state index in [1.54, 1.807) is 6.20 Å². The third kappa shape index (κ3) is 3.53. The fourth-order valence-electron chi connectivity index (χ4n) is 3.29. The highest BCUT2D eigenvalue weighted by Gasteiger charge is 2.22. The van der Waals surface area contributed by atoms with E-state index in [1.165, 1.54) is 5.56 Å². The zero-order valence-corrected chi connectivity index (χ0v) is 14.1. The number of para-hydroxylation sites is 2. The maximum Gasteiger partial charge on any atom is 0.289 e. The summed E-state index contributed by atoms with van der Waals surface area (Å²) >= 11 is 0. The van der Waals surface area contributed by atoms with Crippen molar-refractivity contribution in [2.75, 3.05) is 26.2 Å². The van der Waals surface area contributed by atoms with E-state index in [9.17, 15) is 4.79 Å². The van der Waals surface area contributed by atoms with Crippen LogP contribution < -0.4 is 0 Å². The Morgan fingerprint density at radius 1 is 1.08 bits per heavy atom.